The van der Waals surface area contributed by atoms with Gasteiger partial charge in [-0.2, -0.15) is 5.10 Å². The molecule has 0 fully saturated rings. The summed E-state index contributed by atoms with van der Waals surface area (Å²) in [6.07, 6.45) is 10.6. The van der Waals surface area contributed by atoms with Crippen molar-refractivity contribution in [1.29, 1.82) is 0 Å². The largest absolute Gasteiger partial charge is 2.00 e. The molecule has 0 bridgehead atoms. The number of hydrogen-bond donors (Lipinski definition) is 1. The van der Waals surface area contributed by atoms with E-state index in [0.29, 0.717) is 0 Å². The van der Waals surface area contributed by atoms with Crippen LogP contribution in [0.2, 0.25) is 0 Å². The van der Waals surface area contributed by atoms with Crippen LogP contribution >= 0.6 is 15.6 Å². The molecule has 0 saturated carbocycles. The minimum absolute atomic E-state index is 0. The summed E-state index contributed by atoms with van der Waals surface area (Å²) in [7, 11) is -21.3. The molecule has 0 atom stereocenters. The van der Waals surface area contributed by atoms with Gasteiger partial charge < -0.3 is 5.48 Å². The van der Waals surface area contributed by atoms with Crippen molar-refractivity contribution >= 4 is 15.6 Å². The maximum atomic E-state index is 9.87. The van der Waals surface area contributed by atoms with E-state index in [1.807, 2.05) is 115 Å². The molecule has 7 rings (SSSR count). The van der Waals surface area contributed by atoms with Crippen LogP contribution in [-0.4, -0.2) is 45.6 Å². The smallest absolute Gasteiger partial charge is 0.412 e. The zero-order chi connectivity index (χ0) is 40.8. The van der Waals surface area contributed by atoms with E-state index in [0.717, 1.165) is 45.6 Å². The predicted octanol–water partition coefficient (Wildman–Crippen LogP) is 12.8. The number of aromatic amines is 1. The van der Waals surface area contributed by atoms with Crippen LogP contribution in [0.3, 0.4) is 0 Å². The monoisotopic (exact) mass is 944 g/mol. The number of pyridine rings is 6. The van der Waals surface area contributed by atoms with E-state index >= 15 is 0 Å². The van der Waals surface area contributed by atoms with Crippen molar-refractivity contribution in [2.24, 2.45) is 0 Å². The van der Waals surface area contributed by atoms with Gasteiger partial charge in [-0.25, -0.2) is 4.98 Å². The summed E-state index contributed by atoms with van der Waals surface area (Å²) in [6.45, 7) is 0. The molecule has 0 aromatic carbocycles. The number of hydrogen-bond acceptors (Lipinski definition) is 7. The molecule has 0 saturated heterocycles. The molecule has 7 aromatic rings. The maximum absolute atomic E-state index is 10.7. The molecule has 9 nitrogen and oxygen atoms in total. The third kappa shape index (κ3) is 26.2. The average molecular weight is 944 g/mol. The van der Waals surface area contributed by atoms with Crippen LogP contribution < -0.4 is 0 Å². The van der Waals surface area contributed by atoms with Gasteiger partial charge in [-0.05, 0) is 78.9 Å². The Balaban J connectivity index is 0.000000383. The Bertz CT molecular complexity index is 2010. The first-order chi connectivity index (χ1) is 25.3. The van der Waals surface area contributed by atoms with Gasteiger partial charge in [0.15, 0.2) is 0 Å². The van der Waals surface area contributed by atoms with Crippen LogP contribution in [0.5, 0.6) is 0 Å². The average Bonchev–Trinajstić information content (AvgIpc) is 3.63. The molecule has 0 amide bonds. The van der Waals surface area contributed by atoms with E-state index in [9.17, 15) is 50.4 Å². The second kappa shape index (κ2) is 18.8. The molecule has 0 radical (unpaired) electrons. The number of aromatic nitrogens is 8. The molecule has 3 N–H and O–H groups in total. The van der Waals surface area contributed by atoms with E-state index in [2.05, 4.69) is 40.1 Å². The number of H-pyrrole nitrogens is 1. The minimum Gasteiger partial charge on any atom is -0.412 e. The topological polar surface area (TPSA) is 138 Å². The Morgan fingerprint density at radius 3 is 0.982 bits per heavy atom. The Kier molecular flexibility index (Phi) is 16.4. The van der Waals surface area contributed by atoms with Gasteiger partial charge in [-0.1, -0.05) is 36.4 Å². The summed E-state index contributed by atoms with van der Waals surface area (Å²) in [4.78, 5) is 25.5. The molecule has 0 aliphatic carbocycles. The first-order valence-corrected chi connectivity index (χ1v) is 19.0. The summed E-state index contributed by atoms with van der Waals surface area (Å²) < 4.78 is 118. The van der Waals surface area contributed by atoms with Crippen LogP contribution in [0.15, 0.2) is 152 Å². The van der Waals surface area contributed by atoms with Crippen molar-refractivity contribution in [1.82, 2.24) is 40.1 Å². The van der Waals surface area contributed by atoms with Gasteiger partial charge in [0.25, 0.3) is 0 Å². The first kappa shape index (κ1) is 49.7. The Labute approximate surface area is 328 Å². The van der Waals surface area contributed by atoms with Crippen molar-refractivity contribution in [2.75, 3.05) is 0 Å². The third-order valence-electron chi connectivity index (χ3n) is 5.62. The van der Waals surface area contributed by atoms with Crippen molar-refractivity contribution < 1.29 is 75.3 Å². The van der Waals surface area contributed by atoms with Crippen molar-refractivity contribution in [2.45, 2.75) is 0 Å². The molecule has 0 aliphatic heterocycles. The molecule has 24 heteroatoms. The molecule has 0 unspecified atom stereocenters. The molecule has 0 aliphatic rings. The quantitative estimate of drug-likeness (QED) is 0.105. The zero-order valence-electron chi connectivity index (χ0n) is 28.3. The summed E-state index contributed by atoms with van der Waals surface area (Å²) >= 11 is 0. The molecule has 57 heavy (non-hydrogen) atoms. The van der Waals surface area contributed by atoms with E-state index in [1.165, 1.54) is 0 Å². The second-order valence-electron chi connectivity index (χ2n) is 10.4. The second-order valence-corrected chi connectivity index (χ2v) is 14.2. The van der Waals surface area contributed by atoms with Gasteiger partial charge in [0.1, 0.15) is 5.69 Å². The normalized spacial score (nSPS) is 12.8. The number of nitrogens with one attached hydrogen (secondary N) is 1. The van der Waals surface area contributed by atoms with Crippen molar-refractivity contribution in [3.63, 3.8) is 0 Å². The molecule has 7 heterocycles. The van der Waals surface area contributed by atoms with E-state index in [4.69, 9.17) is 0 Å². The minimum atomic E-state index is -10.7. The van der Waals surface area contributed by atoms with Crippen LogP contribution in [-0.2, 0) is 19.5 Å². The van der Waals surface area contributed by atoms with Gasteiger partial charge >= 0.3 is 85.5 Å². The van der Waals surface area contributed by atoms with Gasteiger partial charge in [0.05, 0.1) is 39.9 Å². The van der Waals surface area contributed by atoms with Gasteiger partial charge in [0.2, 0.25) is 0 Å². The number of halogens is 12. The van der Waals surface area contributed by atoms with Crippen LogP contribution in [0.25, 0.3) is 45.6 Å². The molecular weight excluding hydrogens is 915 g/mol. The number of rotatable bonds is 4. The summed E-state index contributed by atoms with van der Waals surface area (Å²) in [5.41, 5.74) is 6.91. The fraction of sp³-hybridized carbons (Fsp3) is 0. The Hall–Kier alpha value is -5.29. The van der Waals surface area contributed by atoms with Gasteiger partial charge in [-0.3, -0.25) is 30.0 Å². The fourth-order valence-electron chi connectivity index (χ4n) is 3.68. The Morgan fingerprint density at radius 2 is 0.684 bits per heavy atom. The third-order valence-corrected chi connectivity index (χ3v) is 5.62. The SMILES string of the molecule is F[P-](F)(F)(F)(F)F.F[P-](F)(F)(F)(F)F.O.[Ru+2].c1ccc(-c2cc(-c3ccccn3)[nH]n2)nc1.c1ccc(-c2cccc(-c3ccccn3)n2)nc1.c1ccncc1. The van der Waals surface area contributed by atoms with Crippen LogP contribution in [0, 0.1) is 0 Å². The zero-order valence-corrected chi connectivity index (χ0v) is 31.9. The van der Waals surface area contributed by atoms with Crippen LogP contribution in [0.4, 0.5) is 50.4 Å². The van der Waals surface area contributed by atoms with Crippen LogP contribution in [0.1, 0.15) is 0 Å². The molecular formula is C33H28F12N8OP2Ru. The summed E-state index contributed by atoms with van der Waals surface area (Å²) in [6, 6.07) is 36.7. The summed E-state index contributed by atoms with van der Waals surface area (Å²) in [5.74, 6) is 0. The summed E-state index contributed by atoms with van der Waals surface area (Å²) in [5, 5.41) is 7.20. The van der Waals surface area contributed by atoms with Gasteiger partial charge in [0, 0.05) is 37.2 Å². The van der Waals surface area contributed by atoms with Crippen molar-refractivity contribution in [3.05, 3.63) is 152 Å². The van der Waals surface area contributed by atoms with E-state index in [-0.39, 0.29) is 25.0 Å². The van der Waals surface area contributed by atoms with Crippen molar-refractivity contribution in [3.8, 4) is 45.6 Å². The van der Waals surface area contributed by atoms with Gasteiger partial charge in [-0.15, -0.1) is 0 Å². The standard InChI is InChI=1S/C15H11N3.C13H10N4.C5H5N.2F6P.H2O.Ru/c1-3-10-16-12(6-1)14-8-5-9-15(18-14)13-7-2-4-11-17-13;1-3-7-14-10(5-1)12-9-13(17-16-12)11-6-2-4-8-15-11;1-2-4-6-5-3-1;2*1-7(2,3,4,5)6;;/h1-11H;1-9H,(H,16,17);1-5H;;;1H2;/q;;;2*-1;;+2. The maximum Gasteiger partial charge on any atom is 2.00 e. The van der Waals surface area contributed by atoms with E-state index < -0.39 is 15.6 Å². The number of nitrogens with zero attached hydrogens (tertiary/aromatic N) is 7. The van der Waals surface area contributed by atoms with E-state index in [1.54, 1.807) is 37.2 Å². The first-order valence-electron chi connectivity index (χ1n) is 14.9. The molecule has 308 valence electrons. The Morgan fingerprint density at radius 1 is 0.368 bits per heavy atom. The molecule has 7 aromatic heterocycles. The molecule has 0 spiro atoms. The predicted molar refractivity (Wildman–Crippen MR) is 191 cm³/mol. The fourth-order valence-corrected chi connectivity index (χ4v) is 3.68.